The molecule has 2 atom stereocenters. The van der Waals surface area contributed by atoms with E-state index in [1.807, 2.05) is 0 Å². The van der Waals surface area contributed by atoms with Crippen molar-refractivity contribution in [3.8, 4) is 0 Å². The van der Waals surface area contributed by atoms with Gasteiger partial charge in [-0.15, -0.1) is 0 Å². The molecule has 0 N–H and O–H groups in total. The lowest BCUT2D eigenvalue weighted by molar-refractivity contribution is -0.241. The SMILES string of the molecule is C1CC[C@@H](O[C@@H]2CCCO2)OC1. The second kappa shape index (κ2) is 4.21. The fourth-order valence-electron chi connectivity index (χ4n) is 1.64. The summed E-state index contributed by atoms with van der Waals surface area (Å²) >= 11 is 0. The number of hydrogen-bond acceptors (Lipinski definition) is 3. The Hall–Kier alpha value is -0.120. The molecule has 2 heterocycles. The smallest absolute Gasteiger partial charge is 0.160 e. The first-order valence-electron chi connectivity index (χ1n) is 4.84. The molecule has 2 rings (SSSR count). The van der Waals surface area contributed by atoms with Crippen molar-refractivity contribution in [2.45, 2.75) is 44.7 Å². The van der Waals surface area contributed by atoms with Crippen molar-refractivity contribution < 1.29 is 14.2 Å². The molecular weight excluding hydrogens is 156 g/mol. The lowest BCUT2D eigenvalue weighted by Gasteiger charge is -2.25. The van der Waals surface area contributed by atoms with Gasteiger partial charge >= 0.3 is 0 Å². The first kappa shape index (κ1) is 8.48. The minimum Gasteiger partial charge on any atom is -0.353 e. The van der Waals surface area contributed by atoms with E-state index < -0.39 is 0 Å². The van der Waals surface area contributed by atoms with Crippen LogP contribution in [0.15, 0.2) is 0 Å². The predicted molar refractivity (Wildman–Crippen MR) is 43.7 cm³/mol. The van der Waals surface area contributed by atoms with Crippen LogP contribution in [0, 0.1) is 0 Å². The highest BCUT2D eigenvalue weighted by Gasteiger charge is 2.22. The molecule has 2 fully saturated rings. The highest BCUT2D eigenvalue weighted by atomic mass is 16.8. The third-order valence-corrected chi connectivity index (χ3v) is 2.33. The zero-order valence-electron chi connectivity index (χ0n) is 7.33. The molecule has 0 radical (unpaired) electrons. The average molecular weight is 172 g/mol. The fourth-order valence-corrected chi connectivity index (χ4v) is 1.64. The fraction of sp³-hybridized carbons (Fsp3) is 1.00. The Balaban J connectivity index is 1.69. The Labute approximate surface area is 73.0 Å². The summed E-state index contributed by atoms with van der Waals surface area (Å²) in [6, 6.07) is 0. The van der Waals surface area contributed by atoms with Gasteiger partial charge in [-0.3, -0.25) is 0 Å². The molecule has 0 spiro atoms. The Morgan fingerprint density at radius 2 is 1.50 bits per heavy atom. The van der Waals surface area contributed by atoms with Gasteiger partial charge in [0.1, 0.15) is 0 Å². The molecule has 2 saturated heterocycles. The molecule has 12 heavy (non-hydrogen) atoms. The summed E-state index contributed by atoms with van der Waals surface area (Å²) in [5.41, 5.74) is 0. The highest BCUT2D eigenvalue weighted by Crippen LogP contribution is 2.20. The zero-order valence-corrected chi connectivity index (χ0v) is 7.33. The van der Waals surface area contributed by atoms with E-state index in [4.69, 9.17) is 14.2 Å². The monoisotopic (exact) mass is 172 g/mol. The third-order valence-electron chi connectivity index (χ3n) is 2.33. The largest absolute Gasteiger partial charge is 0.353 e. The van der Waals surface area contributed by atoms with E-state index in [0.29, 0.717) is 0 Å². The molecule has 0 aromatic heterocycles. The van der Waals surface area contributed by atoms with Gasteiger partial charge in [0.05, 0.1) is 0 Å². The molecule has 0 unspecified atom stereocenters. The van der Waals surface area contributed by atoms with Crippen molar-refractivity contribution in [1.82, 2.24) is 0 Å². The molecule has 0 saturated carbocycles. The summed E-state index contributed by atoms with van der Waals surface area (Å²) < 4.78 is 16.4. The second-order valence-corrected chi connectivity index (χ2v) is 3.37. The van der Waals surface area contributed by atoms with E-state index in [-0.39, 0.29) is 12.6 Å². The molecule has 0 aliphatic carbocycles. The van der Waals surface area contributed by atoms with Crippen LogP contribution >= 0.6 is 0 Å². The van der Waals surface area contributed by atoms with Gasteiger partial charge in [-0.1, -0.05) is 0 Å². The topological polar surface area (TPSA) is 27.7 Å². The molecule has 3 heteroatoms. The summed E-state index contributed by atoms with van der Waals surface area (Å²) in [5.74, 6) is 0. The van der Waals surface area contributed by atoms with Crippen LogP contribution in [-0.2, 0) is 14.2 Å². The lowest BCUT2D eigenvalue weighted by atomic mass is 10.2. The van der Waals surface area contributed by atoms with E-state index in [1.54, 1.807) is 0 Å². The van der Waals surface area contributed by atoms with E-state index in [0.717, 1.165) is 32.5 Å². The number of ether oxygens (including phenoxy) is 3. The molecule has 3 nitrogen and oxygen atoms in total. The quantitative estimate of drug-likeness (QED) is 0.634. The maximum absolute atomic E-state index is 5.61. The Morgan fingerprint density at radius 1 is 0.833 bits per heavy atom. The Morgan fingerprint density at radius 3 is 2.00 bits per heavy atom. The van der Waals surface area contributed by atoms with E-state index in [9.17, 15) is 0 Å². The van der Waals surface area contributed by atoms with Crippen molar-refractivity contribution in [1.29, 1.82) is 0 Å². The Bertz CT molecular complexity index is 126. The highest BCUT2D eigenvalue weighted by molar-refractivity contribution is 4.59. The first-order valence-corrected chi connectivity index (χ1v) is 4.84. The molecule has 0 aromatic rings. The maximum atomic E-state index is 5.61. The molecule has 70 valence electrons. The van der Waals surface area contributed by atoms with Crippen molar-refractivity contribution in [3.63, 3.8) is 0 Å². The van der Waals surface area contributed by atoms with Gasteiger partial charge in [-0.05, 0) is 25.7 Å². The van der Waals surface area contributed by atoms with Gasteiger partial charge in [-0.2, -0.15) is 0 Å². The van der Waals surface area contributed by atoms with Crippen molar-refractivity contribution >= 4 is 0 Å². The molecular formula is C9H16O3. The second-order valence-electron chi connectivity index (χ2n) is 3.37. The van der Waals surface area contributed by atoms with Gasteiger partial charge in [-0.25, -0.2) is 0 Å². The molecule has 0 aromatic carbocycles. The first-order chi connectivity index (χ1) is 5.95. The number of rotatable bonds is 2. The minimum absolute atomic E-state index is 0.00171. The summed E-state index contributed by atoms with van der Waals surface area (Å²) in [4.78, 5) is 0. The van der Waals surface area contributed by atoms with Gasteiger partial charge in [0.15, 0.2) is 12.6 Å². The summed E-state index contributed by atoms with van der Waals surface area (Å²) in [7, 11) is 0. The van der Waals surface area contributed by atoms with Crippen molar-refractivity contribution in [2.75, 3.05) is 13.2 Å². The third kappa shape index (κ3) is 2.19. The van der Waals surface area contributed by atoms with Crippen molar-refractivity contribution in [3.05, 3.63) is 0 Å². The van der Waals surface area contributed by atoms with Crippen molar-refractivity contribution in [2.24, 2.45) is 0 Å². The van der Waals surface area contributed by atoms with Gasteiger partial charge in [0.25, 0.3) is 0 Å². The normalized spacial score (nSPS) is 37.0. The van der Waals surface area contributed by atoms with Crippen LogP contribution in [0.4, 0.5) is 0 Å². The summed E-state index contributed by atoms with van der Waals surface area (Å²) in [6.45, 7) is 1.69. The van der Waals surface area contributed by atoms with E-state index in [2.05, 4.69) is 0 Å². The van der Waals surface area contributed by atoms with Gasteiger partial charge < -0.3 is 14.2 Å². The maximum Gasteiger partial charge on any atom is 0.160 e. The van der Waals surface area contributed by atoms with Gasteiger partial charge in [0, 0.05) is 19.6 Å². The van der Waals surface area contributed by atoms with Crippen LogP contribution in [-0.4, -0.2) is 25.8 Å². The van der Waals surface area contributed by atoms with Crippen LogP contribution in [0.5, 0.6) is 0 Å². The van der Waals surface area contributed by atoms with Crippen LogP contribution in [0.2, 0.25) is 0 Å². The summed E-state index contributed by atoms with van der Waals surface area (Å²) in [5, 5.41) is 0. The summed E-state index contributed by atoms with van der Waals surface area (Å²) in [6.07, 6.45) is 5.58. The van der Waals surface area contributed by atoms with Crippen LogP contribution in [0.1, 0.15) is 32.1 Å². The standard InChI is InChI=1S/C9H16O3/c1-2-6-10-8(4-1)12-9-5-3-7-11-9/h8-9H,1-7H2/t8-,9-/m1/s1. The van der Waals surface area contributed by atoms with E-state index in [1.165, 1.54) is 12.8 Å². The average Bonchev–Trinajstić information content (AvgIpc) is 2.59. The number of hydrogen-bond donors (Lipinski definition) is 0. The molecule has 2 aliphatic rings. The molecule has 0 bridgehead atoms. The Kier molecular flexibility index (Phi) is 2.98. The van der Waals surface area contributed by atoms with E-state index >= 15 is 0 Å². The zero-order chi connectivity index (χ0) is 8.23. The van der Waals surface area contributed by atoms with Crippen LogP contribution in [0.3, 0.4) is 0 Å². The van der Waals surface area contributed by atoms with Crippen LogP contribution < -0.4 is 0 Å². The predicted octanol–water partition coefficient (Wildman–Crippen LogP) is 1.67. The molecule has 2 aliphatic heterocycles. The minimum atomic E-state index is 0.00171. The lowest BCUT2D eigenvalue weighted by Crippen LogP contribution is -2.27. The molecule has 0 amide bonds. The van der Waals surface area contributed by atoms with Gasteiger partial charge in [0.2, 0.25) is 0 Å². The van der Waals surface area contributed by atoms with Crippen LogP contribution in [0.25, 0.3) is 0 Å².